The largest absolute Gasteiger partial charge is 0.387 e. The Labute approximate surface area is 103 Å². The molecule has 0 unspecified atom stereocenters. The summed E-state index contributed by atoms with van der Waals surface area (Å²) in [5, 5.41) is 8.76. The van der Waals surface area contributed by atoms with Gasteiger partial charge < -0.3 is 14.7 Å². The number of rotatable bonds is 4. The van der Waals surface area contributed by atoms with Crippen LogP contribution in [0.25, 0.3) is 0 Å². The van der Waals surface area contributed by atoms with E-state index in [1.165, 1.54) is 0 Å². The molecule has 0 radical (unpaired) electrons. The number of piperazine rings is 1. The van der Waals surface area contributed by atoms with E-state index in [0.717, 1.165) is 26.2 Å². The van der Waals surface area contributed by atoms with Crippen molar-refractivity contribution in [2.75, 3.05) is 45.9 Å². The minimum atomic E-state index is -0.382. The first-order valence-electron chi connectivity index (χ1n) is 6.17. The molecular weight excluding hydrogens is 220 g/mol. The van der Waals surface area contributed by atoms with Gasteiger partial charge in [-0.15, -0.1) is 0 Å². The average molecular weight is 244 g/mol. The summed E-state index contributed by atoms with van der Waals surface area (Å²) in [5.41, 5.74) is -0.0886. The smallest absolute Gasteiger partial charge is 0.248 e. The van der Waals surface area contributed by atoms with E-state index in [0.29, 0.717) is 13.1 Å². The van der Waals surface area contributed by atoms with Gasteiger partial charge in [0.15, 0.2) is 0 Å². The lowest BCUT2D eigenvalue weighted by Gasteiger charge is -2.34. The predicted molar refractivity (Wildman–Crippen MR) is 65.8 cm³/mol. The monoisotopic (exact) mass is 244 g/mol. The van der Waals surface area contributed by atoms with Gasteiger partial charge in [-0.05, 0) is 20.8 Å². The average Bonchev–Trinajstić information content (AvgIpc) is 2.27. The second-order valence-electron chi connectivity index (χ2n) is 5.34. The van der Waals surface area contributed by atoms with Gasteiger partial charge in [0, 0.05) is 32.7 Å². The molecule has 1 amide bonds. The van der Waals surface area contributed by atoms with Crippen molar-refractivity contribution in [3.8, 4) is 0 Å². The maximum Gasteiger partial charge on any atom is 0.248 e. The van der Waals surface area contributed by atoms with E-state index in [1.807, 2.05) is 20.8 Å². The first-order valence-corrected chi connectivity index (χ1v) is 6.17. The SMILES string of the molecule is CC(C)(C)OCCN1CCN(C(=O)CO)CC1. The van der Waals surface area contributed by atoms with Crippen molar-refractivity contribution in [1.29, 1.82) is 0 Å². The quantitative estimate of drug-likeness (QED) is 0.752. The van der Waals surface area contributed by atoms with Crippen LogP contribution in [0.15, 0.2) is 0 Å². The second kappa shape index (κ2) is 6.33. The summed E-state index contributed by atoms with van der Waals surface area (Å²) in [6.07, 6.45) is 0. The van der Waals surface area contributed by atoms with Gasteiger partial charge in [0.05, 0.1) is 12.2 Å². The fourth-order valence-corrected chi connectivity index (χ4v) is 1.80. The van der Waals surface area contributed by atoms with Gasteiger partial charge in [0.1, 0.15) is 6.61 Å². The molecule has 1 N–H and O–H groups in total. The molecule has 100 valence electrons. The van der Waals surface area contributed by atoms with Crippen LogP contribution >= 0.6 is 0 Å². The summed E-state index contributed by atoms with van der Waals surface area (Å²) >= 11 is 0. The van der Waals surface area contributed by atoms with Crippen LogP contribution in [0, 0.1) is 0 Å². The lowest BCUT2D eigenvalue weighted by atomic mass is 10.2. The first-order chi connectivity index (χ1) is 7.92. The van der Waals surface area contributed by atoms with Crippen molar-refractivity contribution in [2.24, 2.45) is 0 Å². The van der Waals surface area contributed by atoms with Crippen molar-refractivity contribution in [2.45, 2.75) is 26.4 Å². The summed E-state index contributed by atoms with van der Waals surface area (Å²) < 4.78 is 5.67. The minimum Gasteiger partial charge on any atom is -0.387 e. The van der Waals surface area contributed by atoms with Gasteiger partial charge in [0.2, 0.25) is 5.91 Å². The highest BCUT2D eigenvalue weighted by molar-refractivity contribution is 5.77. The number of nitrogens with zero attached hydrogens (tertiary/aromatic N) is 2. The van der Waals surface area contributed by atoms with Crippen LogP contribution in [0.4, 0.5) is 0 Å². The van der Waals surface area contributed by atoms with Gasteiger partial charge in [-0.3, -0.25) is 9.69 Å². The first kappa shape index (κ1) is 14.4. The molecule has 0 aliphatic carbocycles. The molecule has 1 heterocycles. The zero-order valence-electron chi connectivity index (χ0n) is 11.1. The molecule has 0 aromatic rings. The van der Waals surface area contributed by atoms with Crippen molar-refractivity contribution in [3.63, 3.8) is 0 Å². The van der Waals surface area contributed by atoms with Crippen molar-refractivity contribution in [1.82, 2.24) is 9.80 Å². The fourth-order valence-electron chi connectivity index (χ4n) is 1.80. The van der Waals surface area contributed by atoms with Gasteiger partial charge >= 0.3 is 0 Å². The van der Waals surface area contributed by atoms with Crippen molar-refractivity contribution < 1.29 is 14.6 Å². The van der Waals surface area contributed by atoms with E-state index in [4.69, 9.17) is 9.84 Å². The molecule has 1 saturated heterocycles. The molecule has 0 aromatic heterocycles. The topological polar surface area (TPSA) is 53.0 Å². The van der Waals surface area contributed by atoms with Gasteiger partial charge in [-0.25, -0.2) is 0 Å². The number of hydrogen-bond donors (Lipinski definition) is 1. The normalized spacial score (nSPS) is 18.5. The summed E-state index contributed by atoms with van der Waals surface area (Å²) in [4.78, 5) is 15.2. The maximum absolute atomic E-state index is 11.3. The number of hydrogen-bond acceptors (Lipinski definition) is 4. The molecule has 1 rings (SSSR count). The summed E-state index contributed by atoms with van der Waals surface area (Å²) in [7, 11) is 0. The molecule has 0 saturated carbocycles. The Morgan fingerprint density at radius 3 is 2.29 bits per heavy atom. The zero-order valence-corrected chi connectivity index (χ0v) is 11.1. The standard InChI is InChI=1S/C12H24N2O3/c1-12(2,3)17-9-8-13-4-6-14(7-5-13)11(16)10-15/h15H,4-10H2,1-3H3. The van der Waals surface area contributed by atoms with E-state index in [2.05, 4.69) is 4.90 Å². The number of aliphatic hydroxyl groups excluding tert-OH is 1. The fraction of sp³-hybridized carbons (Fsp3) is 0.917. The molecule has 5 nitrogen and oxygen atoms in total. The van der Waals surface area contributed by atoms with Crippen LogP contribution < -0.4 is 0 Å². The molecule has 17 heavy (non-hydrogen) atoms. The van der Waals surface area contributed by atoms with E-state index < -0.39 is 0 Å². The summed E-state index contributed by atoms with van der Waals surface area (Å²) in [6.45, 7) is 10.5. The van der Waals surface area contributed by atoms with Crippen molar-refractivity contribution in [3.05, 3.63) is 0 Å². The van der Waals surface area contributed by atoms with E-state index in [9.17, 15) is 4.79 Å². The highest BCUT2D eigenvalue weighted by Gasteiger charge is 2.20. The Morgan fingerprint density at radius 1 is 1.24 bits per heavy atom. The van der Waals surface area contributed by atoms with Gasteiger partial charge in [0.25, 0.3) is 0 Å². The number of carbonyl (C=O) groups excluding carboxylic acids is 1. The molecule has 1 aliphatic rings. The van der Waals surface area contributed by atoms with Crippen molar-refractivity contribution >= 4 is 5.91 Å². The van der Waals surface area contributed by atoms with Crippen LogP contribution in [0.2, 0.25) is 0 Å². The summed E-state index contributed by atoms with van der Waals surface area (Å²) in [5.74, 6) is -0.171. The number of carbonyl (C=O) groups is 1. The number of ether oxygens (including phenoxy) is 1. The maximum atomic E-state index is 11.3. The van der Waals surface area contributed by atoms with E-state index >= 15 is 0 Å². The molecular formula is C12H24N2O3. The van der Waals surface area contributed by atoms with Crippen LogP contribution in [-0.2, 0) is 9.53 Å². The molecule has 0 spiro atoms. The zero-order chi connectivity index (χ0) is 12.9. The lowest BCUT2D eigenvalue weighted by molar-refractivity contribution is -0.136. The Hall–Kier alpha value is -0.650. The highest BCUT2D eigenvalue weighted by atomic mass is 16.5. The Balaban J connectivity index is 2.17. The third-order valence-corrected chi connectivity index (χ3v) is 2.80. The molecule has 1 aliphatic heterocycles. The minimum absolute atomic E-state index is 0.0886. The Morgan fingerprint density at radius 2 is 1.82 bits per heavy atom. The molecule has 5 heteroatoms. The lowest BCUT2D eigenvalue weighted by Crippen LogP contribution is -2.50. The van der Waals surface area contributed by atoms with Crippen LogP contribution in [0.5, 0.6) is 0 Å². The highest BCUT2D eigenvalue weighted by Crippen LogP contribution is 2.07. The molecule has 0 aromatic carbocycles. The third-order valence-electron chi connectivity index (χ3n) is 2.80. The molecule has 0 atom stereocenters. The molecule has 0 bridgehead atoms. The van der Waals surface area contributed by atoms with Gasteiger partial charge in [-0.1, -0.05) is 0 Å². The summed E-state index contributed by atoms with van der Waals surface area (Å²) in [6, 6.07) is 0. The number of amides is 1. The van der Waals surface area contributed by atoms with Crippen LogP contribution in [-0.4, -0.2) is 72.4 Å². The second-order valence-corrected chi connectivity index (χ2v) is 5.34. The Bertz CT molecular complexity index is 243. The third kappa shape index (κ3) is 5.48. The number of aliphatic hydroxyl groups is 1. The van der Waals surface area contributed by atoms with Crippen LogP contribution in [0.1, 0.15) is 20.8 Å². The predicted octanol–water partition coefficient (Wildman–Crippen LogP) is -0.0620. The van der Waals surface area contributed by atoms with Gasteiger partial charge in [-0.2, -0.15) is 0 Å². The van der Waals surface area contributed by atoms with E-state index in [1.54, 1.807) is 4.90 Å². The Kier molecular flexibility index (Phi) is 5.36. The van der Waals surface area contributed by atoms with Crippen LogP contribution in [0.3, 0.4) is 0 Å². The van der Waals surface area contributed by atoms with E-state index in [-0.39, 0.29) is 18.1 Å². The molecule has 1 fully saturated rings.